The lowest BCUT2D eigenvalue weighted by Gasteiger charge is -2.10. The van der Waals surface area contributed by atoms with Crippen LogP contribution in [0.5, 0.6) is 0 Å². The van der Waals surface area contributed by atoms with Crippen molar-refractivity contribution in [3.05, 3.63) is 0 Å². The second kappa shape index (κ2) is 9.15. The van der Waals surface area contributed by atoms with Gasteiger partial charge in [0.15, 0.2) is 0 Å². The number of aliphatic hydroxyl groups excluding tert-OH is 1. The van der Waals surface area contributed by atoms with Crippen molar-refractivity contribution in [1.82, 2.24) is 5.32 Å². The first-order valence-corrected chi connectivity index (χ1v) is 5.63. The van der Waals surface area contributed by atoms with Crippen molar-refractivity contribution in [2.75, 3.05) is 19.8 Å². The molecule has 1 unspecified atom stereocenters. The second-order valence-electron chi connectivity index (χ2n) is 3.73. The average molecular weight is 231 g/mol. The largest absolute Gasteiger partial charge is 0.466 e. The number of esters is 1. The molecule has 2 N–H and O–H groups in total. The quantitative estimate of drug-likeness (QED) is 0.595. The summed E-state index contributed by atoms with van der Waals surface area (Å²) in [4.78, 5) is 22.2. The third-order valence-corrected chi connectivity index (χ3v) is 2.13. The average Bonchev–Trinajstić information content (AvgIpc) is 2.24. The first-order valence-electron chi connectivity index (χ1n) is 5.63. The third-order valence-electron chi connectivity index (χ3n) is 2.13. The minimum atomic E-state index is -0.346. The molecule has 0 saturated carbocycles. The topological polar surface area (TPSA) is 75.6 Å². The van der Waals surface area contributed by atoms with Crippen molar-refractivity contribution in [3.63, 3.8) is 0 Å². The molecule has 0 spiro atoms. The molecule has 0 bridgehead atoms. The highest BCUT2D eigenvalue weighted by molar-refractivity contribution is 5.81. The lowest BCUT2D eigenvalue weighted by atomic mass is 10.1. The summed E-state index contributed by atoms with van der Waals surface area (Å²) in [6, 6.07) is 0. The summed E-state index contributed by atoms with van der Waals surface area (Å²) in [7, 11) is 0. The van der Waals surface area contributed by atoms with Gasteiger partial charge in [0.1, 0.15) is 0 Å². The molecule has 0 fully saturated rings. The van der Waals surface area contributed by atoms with Crippen molar-refractivity contribution in [2.45, 2.75) is 33.1 Å². The summed E-state index contributed by atoms with van der Waals surface area (Å²) in [5.41, 5.74) is 0. The number of hydrogen-bond donors (Lipinski definition) is 2. The van der Waals surface area contributed by atoms with Crippen molar-refractivity contribution in [1.29, 1.82) is 0 Å². The normalized spacial score (nSPS) is 11.9. The molecule has 0 aliphatic carbocycles. The van der Waals surface area contributed by atoms with E-state index >= 15 is 0 Å². The molecule has 0 aromatic carbocycles. The molecule has 0 rings (SSSR count). The summed E-state index contributed by atoms with van der Waals surface area (Å²) in [5.74, 6) is -0.254. The van der Waals surface area contributed by atoms with Crippen LogP contribution in [-0.2, 0) is 14.3 Å². The monoisotopic (exact) mass is 231 g/mol. The fraction of sp³-hybridized carbons (Fsp3) is 0.818. The van der Waals surface area contributed by atoms with Crippen LogP contribution in [0.2, 0.25) is 0 Å². The van der Waals surface area contributed by atoms with E-state index in [4.69, 9.17) is 9.84 Å². The summed E-state index contributed by atoms with van der Waals surface area (Å²) in [6.45, 7) is 4.67. The van der Waals surface area contributed by atoms with E-state index in [0.29, 0.717) is 19.6 Å². The number of carbonyl (C=O) groups is 2. The molecule has 1 amide bonds. The van der Waals surface area contributed by atoms with E-state index in [0.717, 1.165) is 0 Å². The zero-order valence-electron chi connectivity index (χ0n) is 9.99. The fourth-order valence-corrected chi connectivity index (χ4v) is 1.15. The molecule has 0 aromatic heterocycles. The van der Waals surface area contributed by atoms with Crippen LogP contribution in [0.3, 0.4) is 0 Å². The predicted octanol–water partition coefficient (Wildman–Crippen LogP) is 0.464. The van der Waals surface area contributed by atoms with Gasteiger partial charge in [0.2, 0.25) is 5.91 Å². The Kier molecular flexibility index (Phi) is 8.52. The van der Waals surface area contributed by atoms with Gasteiger partial charge in [-0.15, -0.1) is 0 Å². The fourth-order valence-electron chi connectivity index (χ4n) is 1.15. The maximum absolute atomic E-state index is 11.3. The van der Waals surface area contributed by atoms with E-state index in [1.807, 2.05) is 6.92 Å². The molecule has 0 aromatic rings. The van der Waals surface area contributed by atoms with Crippen LogP contribution in [0.15, 0.2) is 0 Å². The summed E-state index contributed by atoms with van der Waals surface area (Å²) >= 11 is 0. The van der Waals surface area contributed by atoms with Gasteiger partial charge < -0.3 is 15.2 Å². The Morgan fingerprint density at radius 3 is 2.62 bits per heavy atom. The van der Waals surface area contributed by atoms with Crippen LogP contribution in [0.25, 0.3) is 0 Å². The molecule has 1 atom stereocenters. The van der Waals surface area contributed by atoms with Crippen LogP contribution >= 0.6 is 0 Å². The van der Waals surface area contributed by atoms with Crippen molar-refractivity contribution < 1.29 is 19.4 Å². The van der Waals surface area contributed by atoms with Gasteiger partial charge in [-0.05, 0) is 19.3 Å². The zero-order chi connectivity index (χ0) is 12.4. The molecule has 0 saturated heterocycles. The Balaban J connectivity index is 3.55. The second-order valence-corrected chi connectivity index (χ2v) is 3.73. The lowest BCUT2D eigenvalue weighted by Crippen LogP contribution is -2.29. The van der Waals surface area contributed by atoms with E-state index < -0.39 is 0 Å². The molecule has 0 aliphatic rings. The summed E-state index contributed by atoms with van der Waals surface area (Å²) < 4.78 is 4.70. The van der Waals surface area contributed by atoms with Crippen LogP contribution in [0.1, 0.15) is 33.1 Å². The highest BCUT2D eigenvalue weighted by atomic mass is 16.5. The standard InChI is InChI=1S/C11H21NO4/c1-3-16-11(15)5-4-10(14)12-8-9(2)6-7-13/h9,13H,3-8H2,1-2H3,(H,12,14). The number of nitrogens with one attached hydrogen (secondary N) is 1. The number of rotatable bonds is 8. The van der Waals surface area contributed by atoms with Gasteiger partial charge in [0.25, 0.3) is 0 Å². The first-order chi connectivity index (χ1) is 7.60. The highest BCUT2D eigenvalue weighted by Crippen LogP contribution is 1.99. The third kappa shape index (κ3) is 8.23. The number of aliphatic hydroxyl groups is 1. The van der Waals surface area contributed by atoms with Crippen molar-refractivity contribution in [3.8, 4) is 0 Å². The molecule has 0 heterocycles. The van der Waals surface area contributed by atoms with Gasteiger partial charge in [-0.2, -0.15) is 0 Å². The minimum absolute atomic E-state index is 0.119. The zero-order valence-corrected chi connectivity index (χ0v) is 9.99. The number of amides is 1. The van der Waals surface area contributed by atoms with Crippen molar-refractivity contribution in [2.24, 2.45) is 5.92 Å². The van der Waals surface area contributed by atoms with E-state index in [1.54, 1.807) is 6.92 Å². The van der Waals surface area contributed by atoms with E-state index in [9.17, 15) is 9.59 Å². The van der Waals surface area contributed by atoms with Crippen LogP contribution in [-0.4, -0.2) is 36.7 Å². The van der Waals surface area contributed by atoms with Crippen LogP contribution < -0.4 is 5.32 Å². The number of carbonyl (C=O) groups excluding carboxylic acids is 2. The smallest absolute Gasteiger partial charge is 0.306 e. The van der Waals surface area contributed by atoms with Gasteiger partial charge in [-0.1, -0.05) is 6.92 Å². The maximum Gasteiger partial charge on any atom is 0.306 e. The lowest BCUT2D eigenvalue weighted by molar-refractivity contribution is -0.144. The van der Waals surface area contributed by atoms with Gasteiger partial charge in [0.05, 0.1) is 13.0 Å². The number of hydrogen-bond acceptors (Lipinski definition) is 4. The molecule has 16 heavy (non-hydrogen) atoms. The molecule has 94 valence electrons. The van der Waals surface area contributed by atoms with E-state index in [-0.39, 0.29) is 37.2 Å². The Hall–Kier alpha value is -1.10. The van der Waals surface area contributed by atoms with Crippen molar-refractivity contribution >= 4 is 11.9 Å². The molecule has 5 heteroatoms. The van der Waals surface area contributed by atoms with E-state index in [2.05, 4.69) is 5.32 Å². The molecular weight excluding hydrogens is 210 g/mol. The van der Waals surface area contributed by atoms with Crippen LogP contribution in [0, 0.1) is 5.92 Å². The van der Waals surface area contributed by atoms with Gasteiger partial charge in [-0.3, -0.25) is 9.59 Å². The van der Waals surface area contributed by atoms with Gasteiger partial charge in [-0.25, -0.2) is 0 Å². The predicted molar refractivity (Wildman–Crippen MR) is 59.7 cm³/mol. The van der Waals surface area contributed by atoms with Gasteiger partial charge in [0, 0.05) is 19.6 Å². The maximum atomic E-state index is 11.3. The SMILES string of the molecule is CCOC(=O)CCC(=O)NCC(C)CCO. The molecule has 5 nitrogen and oxygen atoms in total. The van der Waals surface area contributed by atoms with Gasteiger partial charge >= 0.3 is 5.97 Å². The number of ether oxygens (including phenoxy) is 1. The minimum Gasteiger partial charge on any atom is -0.466 e. The summed E-state index contributed by atoms with van der Waals surface area (Å²) in [5, 5.41) is 11.4. The Bertz CT molecular complexity index is 218. The first kappa shape index (κ1) is 14.9. The Morgan fingerprint density at radius 1 is 1.38 bits per heavy atom. The van der Waals surface area contributed by atoms with Crippen LogP contribution in [0.4, 0.5) is 0 Å². The molecular formula is C11H21NO4. The molecule has 0 aliphatic heterocycles. The summed E-state index contributed by atoms with van der Waals surface area (Å²) in [6.07, 6.45) is 0.941. The molecule has 0 radical (unpaired) electrons. The van der Waals surface area contributed by atoms with E-state index in [1.165, 1.54) is 0 Å². The Labute approximate surface area is 96.2 Å². The Morgan fingerprint density at radius 2 is 2.06 bits per heavy atom. The highest BCUT2D eigenvalue weighted by Gasteiger charge is 2.08.